The number of carbonyl (C=O) groups is 2. The van der Waals surface area contributed by atoms with Crippen LogP contribution in [0, 0.1) is 19.7 Å². The Morgan fingerprint density at radius 1 is 1.13 bits per heavy atom. The van der Waals surface area contributed by atoms with Crippen molar-refractivity contribution in [1.29, 1.82) is 0 Å². The van der Waals surface area contributed by atoms with Gasteiger partial charge in [0.05, 0.1) is 5.75 Å². The summed E-state index contributed by atoms with van der Waals surface area (Å²) < 4.78 is 14.2. The van der Waals surface area contributed by atoms with Crippen LogP contribution in [0.15, 0.2) is 42.5 Å². The first-order valence-corrected chi connectivity index (χ1v) is 11.4. The lowest BCUT2D eigenvalue weighted by Gasteiger charge is -2.29. The minimum absolute atomic E-state index is 0.0658. The van der Waals surface area contributed by atoms with Gasteiger partial charge in [0.15, 0.2) is 0 Å². The molecule has 2 aromatic carbocycles. The number of halogens is 1. The maximum absolute atomic E-state index is 14.2. The molecule has 0 aromatic heterocycles. The summed E-state index contributed by atoms with van der Waals surface area (Å²) in [5.74, 6) is 0.164. The summed E-state index contributed by atoms with van der Waals surface area (Å²) in [6, 6.07) is 12.0. The number of nitrogens with one attached hydrogen (secondary N) is 1. The second-order valence-electron chi connectivity index (χ2n) is 7.57. The lowest BCUT2D eigenvalue weighted by atomic mass is 10.1. The molecule has 0 radical (unpaired) electrons. The molecule has 6 heteroatoms. The van der Waals surface area contributed by atoms with Gasteiger partial charge in [0, 0.05) is 24.4 Å². The average molecular weight is 431 g/mol. The molecule has 30 heavy (non-hydrogen) atoms. The van der Waals surface area contributed by atoms with E-state index < -0.39 is 6.04 Å². The zero-order chi connectivity index (χ0) is 22.1. The Morgan fingerprint density at radius 3 is 2.43 bits per heavy atom. The molecule has 0 aliphatic carbocycles. The molecule has 0 fully saturated rings. The van der Waals surface area contributed by atoms with Crippen LogP contribution in [0.2, 0.25) is 0 Å². The van der Waals surface area contributed by atoms with Crippen LogP contribution in [-0.4, -0.2) is 35.1 Å². The quantitative estimate of drug-likeness (QED) is 0.598. The fraction of sp³-hybridized carbons (Fsp3) is 0.417. The Morgan fingerprint density at radius 2 is 1.80 bits per heavy atom. The van der Waals surface area contributed by atoms with E-state index in [1.807, 2.05) is 6.92 Å². The number of thioether (sulfide) groups is 1. The number of hydrogen-bond donors (Lipinski definition) is 1. The number of carbonyl (C=O) groups excluding carboxylic acids is 2. The molecule has 0 aliphatic heterocycles. The van der Waals surface area contributed by atoms with E-state index in [4.69, 9.17) is 0 Å². The van der Waals surface area contributed by atoms with E-state index in [9.17, 15) is 14.0 Å². The SMILES string of the molecule is CCCNC(=O)[C@@H](C)N(Cc1ccccc1F)C(=O)CSCc1cc(C)cc(C)c1. The molecule has 0 saturated heterocycles. The highest BCUT2D eigenvalue weighted by molar-refractivity contribution is 7.99. The van der Waals surface area contributed by atoms with Crippen molar-refractivity contribution in [2.75, 3.05) is 12.3 Å². The molecule has 0 aliphatic rings. The fourth-order valence-electron chi connectivity index (χ4n) is 3.28. The monoisotopic (exact) mass is 430 g/mol. The van der Waals surface area contributed by atoms with Crippen LogP contribution in [0.3, 0.4) is 0 Å². The van der Waals surface area contributed by atoms with Crippen LogP contribution < -0.4 is 5.32 Å². The average Bonchev–Trinajstić information content (AvgIpc) is 2.70. The summed E-state index contributed by atoms with van der Waals surface area (Å²) in [5.41, 5.74) is 3.96. The number of hydrogen-bond acceptors (Lipinski definition) is 3. The number of benzene rings is 2. The van der Waals surface area contributed by atoms with E-state index >= 15 is 0 Å². The molecule has 2 rings (SSSR count). The van der Waals surface area contributed by atoms with Gasteiger partial charge in [0.2, 0.25) is 11.8 Å². The third-order valence-corrected chi connectivity index (χ3v) is 5.78. The second kappa shape index (κ2) is 11.7. The summed E-state index contributed by atoms with van der Waals surface area (Å²) in [7, 11) is 0. The van der Waals surface area contributed by atoms with E-state index in [-0.39, 0.29) is 29.9 Å². The van der Waals surface area contributed by atoms with Gasteiger partial charge < -0.3 is 10.2 Å². The molecule has 4 nitrogen and oxygen atoms in total. The van der Waals surface area contributed by atoms with Crippen molar-refractivity contribution in [3.8, 4) is 0 Å². The van der Waals surface area contributed by atoms with Gasteiger partial charge in [-0.2, -0.15) is 0 Å². The Balaban J connectivity index is 2.08. The van der Waals surface area contributed by atoms with E-state index in [2.05, 4.69) is 37.4 Å². The predicted molar refractivity (Wildman–Crippen MR) is 122 cm³/mol. The first-order chi connectivity index (χ1) is 14.3. The van der Waals surface area contributed by atoms with Crippen LogP contribution in [0.5, 0.6) is 0 Å². The van der Waals surface area contributed by atoms with Crippen LogP contribution in [0.1, 0.15) is 42.5 Å². The second-order valence-corrected chi connectivity index (χ2v) is 8.55. The van der Waals surface area contributed by atoms with Crippen molar-refractivity contribution in [3.63, 3.8) is 0 Å². The van der Waals surface area contributed by atoms with Crippen molar-refractivity contribution in [3.05, 3.63) is 70.5 Å². The van der Waals surface area contributed by atoms with Gasteiger partial charge in [0.25, 0.3) is 0 Å². The molecule has 2 aromatic rings. The number of amides is 2. The van der Waals surface area contributed by atoms with Crippen LogP contribution >= 0.6 is 11.8 Å². The Kier molecular flexibility index (Phi) is 9.37. The van der Waals surface area contributed by atoms with Gasteiger partial charge in [-0.05, 0) is 38.8 Å². The summed E-state index contributed by atoms with van der Waals surface area (Å²) in [6.45, 7) is 8.38. The molecule has 1 N–H and O–H groups in total. The van der Waals surface area contributed by atoms with E-state index in [0.717, 1.165) is 6.42 Å². The molecule has 0 unspecified atom stereocenters. The number of aryl methyl sites for hydroxylation is 2. The Hall–Kier alpha value is -2.34. The summed E-state index contributed by atoms with van der Waals surface area (Å²) >= 11 is 1.51. The zero-order valence-electron chi connectivity index (χ0n) is 18.2. The van der Waals surface area contributed by atoms with Gasteiger partial charge in [-0.15, -0.1) is 11.8 Å². The summed E-state index contributed by atoms with van der Waals surface area (Å²) in [5, 5.41) is 2.83. The smallest absolute Gasteiger partial charge is 0.242 e. The fourth-order valence-corrected chi connectivity index (χ4v) is 4.12. The molecular formula is C24H31FN2O2S. The highest BCUT2D eigenvalue weighted by atomic mass is 32.2. The normalized spacial score (nSPS) is 11.8. The van der Waals surface area contributed by atoms with Crippen molar-refractivity contribution in [1.82, 2.24) is 10.2 Å². The van der Waals surface area contributed by atoms with E-state index in [0.29, 0.717) is 17.9 Å². The summed E-state index contributed by atoms with van der Waals surface area (Å²) in [4.78, 5) is 27.0. The first kappa shape index (κ1) is 23.9. The van der Waals surface area contributed by atoms with Crippen LogP contribution in [-0.2, 0) is 21.9 Å². The lowest BCUT2D eigenvalue weighted by molar-refractivity contribution is -0.138. The Labute approximate surface area is 183 Å². The molecule has 1 atom stereocenters. The topological polar surface area (TPSA) is 49.4 Å². The molecule has 162 valence electrons. The standard InChI is InChI=1S/C24H31FN2O2S/c1-5-10-26-24(29)19(4)27(14-21-8-6-7-9-22(21)25)23(28)16-30-15-20-12-17(2)11-18(3)13-20/h6-9,11-13,19H,5,10,14-16H2,1-4H3,(H,26,29)/t19-/m1/s1. The maximum Gasteiger partial charge on any atom is 0.242 e. The van der Waals surface area contributed by atoms with Crippen LogP contribution in [0.25, 0.3) is 0 Å². The molecule has 2 amide bonds. The predicted octanol–water partition coefficient (Wildman–Crippen LogP) is 4.62. The molecule has 0 bridgehead atoms. The van der Waals surface area contributed by atoms with Gasteiger partial charge in [-0.3, -0.25) is 9.59 Å². The van der Waals surface area contributed by atoms with Gasteiger partial charge >= 0.3 is 0 Å². The van der Waals surface area contributed by atoms with Gasteiger partial charge in [-0.25, -0.2) is 4.39 Å². The third kappa shape index (κ3) is 7.17. The molecule has 0 spiro atoms. The minimum Gasteiger partial charge on any atom is -0.354 e. The van der Waals surface area contributed by atoms with E-state index in [1.54, 1.807) is 25.1 Å². The van der Waals surface area contributed by atoms with Gasteiger partial charge in [-0.1, -0.05) is 54.4 Å². The lowest BCUT2D eigenvalue weighted by Crippen LogP contribution is -2.48. The van der Waals surface area contributed by atoms with Crippen molar-refractivity contribution in [2.45, 2.75) is 52.5 Å². The highest BCUT2D eigenvalue weighted by Gasteiger charge is 2.26. The van der Waals surface area contributed by atoms with Crippen molar-refractivity contribution >= 4 is 23.6 Å². The largest absolute Gasteiger partial charge is 0.354 e. The minimum atomic E-state index is -0.675. The Bertz CT molecular complexity index is 852. The van der Waals surface area contributed by atoms with E-state index in [1.165, 1.54) is 39.4 Å². The number of rotatable bonds is 10. The first-order valence-electron chi connectivity index (χ1n) is 10.3. The van der Waals surface area contributed by atoms with Crippen LogP contribution in [0.4, 0.5) is 4.39 Å². The highest BCUT2D eigenvalue weighted by Crippen LogP contribution is 2.19. The van der Waals surface area contributed by atoms with Crippen molar-refractivity contribution in [2.24, 2.45) is 0 Å². The number of nitrogens with zero attached hydrogens (tertiary/aromatic N) is 1. The van der Waals surface area contributed by atoms with Gasteiger partial charge in [0.1, 0.15) is 11.9 Å². The zero-order valence-corrected chi connectivity index (χ0v) is 19.0. The third-order valence-electron chi connectivity index (χ3n) is 4.79. The molecule has 0 heterocycles. The van der Waals surface area contributed by atoms with Crippen molar-refractivity contribution < 1.29 is 14.0 Å². The molecule has 0 saturated carbocycles. The maximum atomic E-state index is 14.2. The summed E-state index contributed by atoms with van der Waals surface area (Å²) in [6.07, 6.45) is 0.811. The molecular weight excluding hydrogens is 399 g/mol.